The van der Waals surface area contributed by atoms with Gasteiger partial charge < -0.3 is 16.0 Å². The maximum Gasteiger partial charge on any atom is 0.317 e. The Labute approximate surface area is 125 Å². The minimum absolute atomic E-state index is 0.105. The van der Waals surface area contributed by atoms with Gasteiger partial charge in [-0.2, -0.15) is 0 Å². The molecule has 1 aliphatic carbocycles. The van der Waals surface area contributed by atoms with Crippen LogP contribution in [0.3, 0.4) is 0 Å². The van der Waals surface area contributed by atoms with Gasteiger partial charge in [0.2, 0.25) is 5.91 Å². The summed E-state index contributed by atoms with van der Waals surface area (Å²) >= 11 is 0. The van der Waals surface area contributed by atoms with Crippen LogP contribution in [0.2, 0.25) is 0 Å². The number of carbonyl (C=O) groups excluding carboxylic acids is 2. The van der Waals surface area contributed by atoms with Gasteiger partial charge in [0, 0.05) is 25.6 Å². The van der Waals surface area contributed by atoms with Crippen LogP contribution >= 0.6 is 0 Å². The lowest BCUT2D eigenvalue weighted by Gasteiger charge is -2.25. The fourth-order valence-corrected chi connectivity index (χ4v) is 2.64. The van der Waals surface area contributed by atoms with Crippen molar-refractivity contribution in [2.45, 2.75) is 44.7 Å². The molecule has 0 atom stereocenters. The Morgan fingerprint density at radius 2 is 1.86 bits per heavy atom. The number of benzene rings is 1. The lowest BCUT2D eigenvalue weighted by atomic mass is 10.2. The summed E-state index contributed by atoms with van der Waals surface area (Å²) in [7, 11) is 0. The van der Waals surface area contributed by atoms with Gasteiger partial charge in [-0.25, -0.2) is 4.79 Å². The molecule has 1 fully saturated rings. The highest BCUT2D eigenvalue weighted by atomic mass is 16.2. The molecule has 0 heterocycles. The number of nitrogens with one attached hydrogen (secondary N) is 1. The third-order valence-corrected chi connectivity index (χ3v) is 3.81. The topological polar surface area (TPSA) is 75.4 Å². The zero-order chi connectivity index (χ0) is 15.1. The Hall–Kier alpha value is -2.04. The molecule has 0 saturated heterocycles. The Morgan fingerprint density at radius 3 is 2.48 bits per heavy atom. The zero-order valence-corrected chi connectivity index (χ0v) is 12.3. The van der Waals surface area contributed by atoms with E-state index in [4.69, 9.17) is 5.73 Å². The highest BCUT2D eigenvalue weighted by Crippen LogP contribution is 2.18. The van der Waals surface area contributed by atoms with Crippen molar-refractivity contribution in [1.82, 2.24) is 10.2 Å². The van der Waals surface area contributed by atoms with Gasteiger partial charge in [0.05, 0.1) is 0 Å². The quantitative estimate of drug-likeness (QED) is 0.840. The average molecular weight is 289 g/mol. The smallest absolute Gasteiger partial charge is 0.317 e. The standard InChI is InChI=1S/C16H23N3O2/c17-15(20)10-11-19(12-13-6-2-1-3-7-13)16(21)18-14-8-4-5-9-14/h1-3,6-7,14H,4-5,8-12H2,(H2,17,20)(H,18,21). The highest BCUT2D eigenvalue weighted by Gasteiger charge is 2.21. The summed E-state index contributed by atoms with van der Waals surface area (Å²) in [6.45, 7) is 0.843. The Kier molecular flexibility index (Phi) is 5.60. The highest BCUT2D eigenvalue weighted by molar-refractivity contribution is 5.77. The number of rotatable bonds is 6. The minimum Gasteiger partial charge on any atom is -0.370 e. The third kappa shape index (κ3) is 5.10. The van der Waals surface area contributed by atoms with Crippen molar-refractivity contribution in [2.75, 3.05) is 6.54 Å². The lowest BCUT2D eigenvalue weighted by molar-refractivity contribution is -0.118. The van der Waals surface area contributed by atoms with Gasteiger partial charge in [-0.15, -0.1) is 0 Å². The molecule has 0 unspecified atom stereocenters. The number of hydrogen-bond acceptors (Lipinski definition) is 2. The average Bonchev–Trinajstić information content (AvgIpc) is 2.97. The number of nitrogens with zero attached hydrogens (tertiary/aromatic N) is 1. The van der Waals surface area contributed by atoms with Crippen LogP contribution in [0.25, 0.3) is 0 Å². The van der Waals surface area contributed by atoms with Gasteiger partial charge in [0.1, 0.15) is 0 Å². The molecule has 0 radical (unpaired) electrons. The first-order chi connectivity index (χ1) is 10.1. The first-order valence-corrected chi connectivity index (χ1v) is 7.53. The molecule has 0 spiro atoms. The summed E-state index contributed by atoms with van der Waals surface area (Å²) < 4.78 is 0. The van der Waals surface area contributed by atoms with Gasteiger partial charge >= 0.3 is 6.03 Å². The summed E-state index contributed by atoms with van der Waals surface area (Å²) in [5, 5.41) is 3.06. The van der Waals surface area contributed by atoms with Crippen LogP contribution in [0.5, 0.6) is 0 Å². The van der Waals surface area contributed by atoms with E-state index in [2.05, 4.69) is 5.32 Å². The second kappa shape index (κ2) is 7.67. The molecule has 3 amide bonds. The third-order valence-electron chi connectivity index (χ3n) is 3.81. The fraction of sp³-hybridized carbons (Fsp3) is 0.500. The normalized spacial score (nSPS) is 14.9. The monoisotopic (exact) mass is 289 g/mol. The summed E-state index contributed by atoms with van der Waals surface area (Å²) in [5.74, 6) is -0.387. The molecule has 1 saturated carbocycles. The molecule has 0 aliphatic heterocycles. The summed E-state index contributed by atoms with van der Waals surface area (Å²) in [6.07, 6.45) is 4.61. The van der Waals surface area contributed by atoms with E-state index < -0.39 is 0 Å². The number of hydrogen-bond donors (Lipinski definition) is 2. The molecule has 114 valence electrons. The van der Waals surface area contributed by atoms with Crippen molar-refractivity contribution in [3.05, 3.63) is 35.9 Å². The number of carbonyl (C=O) groups is 2. The molecular weight excluding hydrogens is 266 g/mol. The van der Waals surface area contributed by atoms with E-state index in [1.54, 1.807) is 4.90 Å². The first-order valence-electron chi connectivity index (χ1n) is 7.53. The molecule has 5 nitrogen and oxygen atoms in total. The molecule has 1 aliphatic rings. The van der Waals surface area contributed by atoms with Crippen LogP contribution in [0.1, 0.15) is 37.7 Å². The van der Waals surface area contributed by atoms with Gasteiger partial charge in [-0.05, 0) is 18.4 Å². The van der Waals surface area contributed by atoms with Gasteiger partial charge in [-0.1, -0.05) is 43.2 Å². The number of urea groups is 1. The fourth-order valence-electron chi connectivity index (χ4n) is 2.64. The molecule has 1 aromatic rings. The van der Waals surface area contributed by atoms with Crippen LogP contribution in [-0.2, 0) is 11.3 Å². The van der Waals surface area contributed by atoms with Gasteiger partial charge in [0.25, 0.3) is 0 Å². The minimum atomic E-state index is -0.387. The molecule has 3 N–H and O–H groups in total. The van der Waals surface area contributed by atoms with E-state index in [-0.39, 0.29) is 24.4 Å². The van der Waals surface area contributed by atoms with E-state index >= 15 is 0 Å². The van der Waals surface area contributed by atoms with E-state index in [1.165, 1.54) is 12.8 Å². The van der Waals surface area contributed by atoms with Crippen LogP contribution in [-0.4, -0.2) is 29.4 Å². The van der Waals surface area contributed by atoms with Crippen molar-refractivity contribution >= 4 is 11.9 Å². The molecular formula is C16H23N3O2. The predicted octanol–water partition coefficient (Wildman–Crippen LogP) is 2.02. The first kappa shape index (κ1) is 15.4. The maximum absolute atomic E-state index is 12.4. The number of amides is 3. The largest absolute Gasteiger partial charge is 0.370 e. The van der Waals surface area contributed by atoms with Gasteiger partial charge in [-0.3, -0.25) is 4.79 Å². The second-order valence-corrected chi connectivity index (χ2v) is 5.55. The van der Waals surface area contributed by atoms with Crippen molar-refractivity contribution in [1.29, 1.82) is 0 Å². The van der Waals surface area contributed by atoms with Crippen molar-refractivity contribution in [3.8, 4) is 0 Å². The predicted molar refractivity (Wildman–Crippen MR) is 81.5 cm³/mol. The van der Waals surface area contributed by atoms with E-state index in [1.807, 2.05) is 30.3 Å². The molecule has 0 aromatic heterocycles. The van der Waals surface area contributed by atoms with Gasteiger partial charge in [0.15, 0.2) is 0 Å². The molecule has 21 heavy (non-hydrogen) atoms. The SMILES string of the molecule is NC(=O)CCN(Cc1ccccc1)C(=O)NC1CCCC1. The molecule has 5 heteroatoms. The lowest BCUT2D eigenvalue weighted by Crippen LogP contribution is -2.44. The van der Waals surface area contributed by atoms with Crippen molar-refractivity contribution in [2.24, 2.45) is 5.73 Å². The molecule has 0 bridgehead atoms. The number of primary amides is 1. The Bertz CT molecular complexity index is 470. The second-order valence-electron chi connectivity index (χ2n) is 5.55. The van der Waals surface area contributed by atoms with Crippen LogP contribution in [0.4, 0.5) is 4.79 Å². The van der Waals surface area contributed by atoms with E-state index in [0.717, 1.165) is 18.4 Å². The Morgan fingerprint density at radius 1 is 1.19 bits per heavy atom. The summed E-state index contributed by atoms with van der Waals surface area (Å²) in [4.78, 5) is 25.0. The zero-order valence-electron chi connectivity index (χ0n) is 12.3. The van der Waals surface area contributed by atoms with E-state index in [9.17, 15) is 9.59 Å². The Balaban J connectivity index is 1.96. The van der Waals surface area contributed by atoms with Crippen LogP contribution < -0.4 is 11.1 Å². The van der Waals surface area contributed by atoms with Crippen LogP contribution in [0.15, 0.2) is 30.3 Å². The maximum atomic E-state index is 12.4. The molecule has 1 aromatic carbocycles. The van der Waals surface area contributed by atoms with Crippen molar-refractivity contribution in [3.63, 3.8) is 0 Å². The van der Waals surface area contributed by atoms with Crippen LogP contribution in [0, 0.1) is 0 Å². The van der Waals surface area contributed by atoms with Crippen molar-refractivity contribution < 1.29 is 9.59 Å². The summed E-state index contributed by atoms with van der Waals surface area (Å²) in [6, 6.07) is 9.93. The number of nitrogens with two attached hydrogens (primary N) is 1. The van der Waals surface area contributed by atoms with E-state index in [0.29, 0.717) is 13.1 Å². The molecule has 2 rings (SSSR count). The summed E-state index contributed by atoms with van der Waals surface area (Å²) in [5.41, 5.74) is 6.25.